The van der Waals surface area contributed by atoms with E-state index < -0.39 is 0 Å². The minimum atomic E-state index is 0.378. The van der Waals surface area contributed by atoms with Crippen molar-refractivity contribution in [2.75, 3.05) is 0 Å². The second-order valence-corrected chi connectivity index (χ2v) is 8.01. The van der Waals surface area contributed by atoms with Gasteiger partial charge in [0.1, 0.15) is 12.3 Å². The van der Waals surface area contributed by atoms with Crippen LogP contribution in [0.5, 0.6) is 5.75 Å². The normalized spacial score (nSPS) is 11.3. The predicted octanol–water partition coefficient (Wildman–Crippen LogP) is 7.31. The lowest BCUT2D eigenvalue weighted by Gasteiger charge is -2.04. The van der Waals surface area contributed by atoms with Crippen LogP contribution >= 0.6 is 0 Å². The van der Waals surface area contributed by atoms with Gasteiger partial charge in [-0.2, -0.15) is 4.57 Å². The highest BCUT2D eigenvalue weighted by atomic mass is 16.3. The molecule has 0 fully saturated rings. The van der Waals surface area contributed by atoms with Crippen LogP contribution in [0.2, 0.25) is 0 Å². The number of hydrogen-bond acceptors (Lipinski definition) is 1. The number of pyridine rings is 1. The Bertz CT molecular complexity index is 637. The molecule has 0 radical (unpaired) electrons. The van der Waals surface area contributed by atoms with E-state index in [4.69, 9.17) is 0 Å². The SMILES string of the molecule is CCCCCCCCCCCCCCCC[n+]1cccc2c(O)cccc21. The number of phenolic OH excluding ortho intramolecular Hbond substituents is 1. The maximum Gasteiger partial charge on any atom is 0.216 e. The van der Waals surface area contributed by atoms with Crippen LogP contribution in [0.4, 0.5) is 0 Å². The predicted molar refractivity (Wildman–Crippen MR) is 116 cm³/mol. The van der Waals surface area contributed by atoms with Crippen molar-refractivity contribution < 1.29 is 9.67 Å². The van der Waals surface area contributed by atoms with Gasteiger partial charge in [-0.25, -0.2) is 0 Å². The Labute approximate surface area is 166 Å². The molecule has 1 heterocycles. The number of aryl methyl sites for hydroxylation is 1. The van der Waals surface area contributed by atoms with Crippen LogP contribution in [0, 0.1) is 0 Å². The largest absolute Gasteiger partial charge is 0.507 e. The molecule has 0 bridgehead atoms. The Kier molecular flexibility index (Phi) is 10.9. The Balaban J connectivity index is 1.47. The summed E-state index contributed by atoms with van der Waals surface area (Å²) in [5, 5.41) is 10.9. The van der Waals surface area contributed by atoms with Crippen LogP contribution in [-0.2, 0) is 6.54 Å². The second kappa shape index (κ2) is 13.6. The summed E-state index contributed by atoms with van der Waals surface area (Å²) in [6.45, 7) is 3.33. The van der Waals surface area contributed by atoms with Gasteiger partial charge in [-0.3, -0.25) is 0 Å². The number of fused-ring (bicyclic) bond motifs is 1. The summed E-state index contributed by atoms with van der Waals surface area (Å²) >= 11 is 0. The van der Waals surface area contributed by atoms with Crippen molar-refractivity contribution in [2.24, 2.45) is 0 Å². The highest BCUT2D eigenvalue weighted by Crippen LogP contribution is 2.21. The molecule has 2 rings (SSSR count). The molecule has 0 unspecified atom stereocenters. The number of phenols is 1. The van der Waals surface area contributed by atoms with Crippen LogP contribution in [0.25, 0.3) is 10.9 Å². The molecule has 150 valence electrons. The van der Waals surface area contributed by atoms with Crippen molar-refractivity contribution in [3.8, 4) is 5.75 Å². The summed E-state index contributed by atoms with van der Waals surface area (Å²) in [6, 6.07) is 9.82. The lowest BCUT2D eigenvalue weighted by atomic mass is 10.0. The van der Waals surface area contributed by atoms with E-state index in [1.54, 1.807) is 6.07 Å². The molecule has 1 aromatic heterocycles. The Morgan fingerprint density at radius 3 is 1.81 bits per heavy atom. The van der Waals surface area contributed by atoms with Crippen LogP contribution in [0.15, 0.2) is 36.5 Å². The van der Waals surface area contributed by atoms with Gasteiger partial charge < -0.3 is 5.11 Å². The minimum absolute atomic E-state index is 0.378. The first-order valence-corrected chi connectivity index (χ1v) is 11.4. The maximum atomic E-state index is 9.98. The molecule has 27 heavy (non-hydrogen) atoms. The first-order valence-electron chi connectivity index (χ1n) is 11.4. The molecule has 2 heteroatoms. The Morgan fingerprint density at radius 1 is 0.667 bits per heavy atom. The number of benzene rings is 1. The van der Waals surface area contributed by atoms with Crippen molar-refractivity contribution in [1.82, 2.24) is 0 Å². The van der Waals surface area contributed by atoms with Crippen LogP contribution in [0.1, 0.15) is 96.8 Å². The third-order valence-corrected chi connectivity index (χ3v) is 5.65. The van der Waals surface area contributed by atoms with Crippen molar-refractivity contribution in [1.29, 1.82) is 0 Å². The van der Waals surface area contributed by atoms with Gasteiger partial charge in [0.15, 0.2) is 6.20 Å². The monoisotopic (exact) mass is 370 g/mol. The van der Waals surface area contributed by atoms with Gasteiger partial charge in [0.25, 0.3) is 0 Å². The van der Waals surface area contributed by atoms with E-state index in [2.05, 4.69) is 23.8 Å². The number of nitrogens with zero attached hydrogens (tertiary/aromatic N) is 1. The summed E-state index contributed by atoms with van der Waals surface area (Å²) in [6.07, 6.45) is 21.6. The summed E-state index contributed by atoms with van der Waals surface area (Å²) in [7, 11) is 0. The highest BCUT2D eigenvalue weighted by Gasteiger charge is 2.10. The molecule has 1 N–H and O–H groups in total. The first-order chi connectivity index (χ1) is 13.3. The average molecular weight is 371 g/mol. The molecule has 2 aromatic rings. The number of unbranched alkanes of at least 4 members (excludes halogenated alkanes) is 13. The van der Waals surface area contributed by atoms with Crippen molar-refractivity contribution >= 4 is 10.9 Å². The van der Waals surface area contributed by atoms with Gasteiger partial charge in [-0.1, -0.05) is 90.0 Å². The zero-order chi connectivity index (χ0) is 19.2. The molecule has 0 aliphatic carbocycles. The number of hydrogen-bond donors (Lipinski definition) is 1. The summed E-state index contributed by atoms with van der Waals surface area (Å²) in [5.74, 6) is 0.378. The standard InChI is InChI=1S/C25H39NO/c1-2-3-4-5-6-7-8-9-10-11-12-13-14-15-21-26-22-17-18-23-24(26)19-16-20-25(23)27/h16-20,22H,2-15,21H2,1H3/p+1. The summed E-state index contributed by atoms with van der Waals surface area (Å²) in [5.41, 5.74) is 1.13. The topological polar surface area (TPSA) is 24.1 Å². The Hall–Kier alpha value is -1.57. The van der Waals surface area contributed by atoms with Gasteiger partial charge in [0.05, 0.1) is 5.39 Å². The molecule has 0 aliphatic heterocycles. The van der Waals surface area contributed by atoms with Crippen molar-refractivity contribution in [3.05, 3.63) is 36.5 Å². The lowest BCUT2D eigenvalue weighted by Crippen LogP contribution is -2.33. The molecule has 0 aliphatic rings. The summed E-state index contributed by atoms with van der Waals surface area (Å²) < 4.78 is 2.27. The van der Waals surface area contributed by atoms with Crippen LogP contribution in [0.3, 0.4) is 0 Å². The minimum Gasteiger partial charge on any atom is -0.507 e. The van der Waals surface area contributed by atoms with E-state index in [1.165, 1.54) is 89.9 Å². The molecule has 0 saturated heterocycles. The zero-order valence-electron chi connectivity index (χ0n) is 17.5. The molecule has 1 aromatic carbocycles. The quantitative estimate of drug-likeness (QED) is 0.258. The van der Waals surface area contributed by atoms with Gasteiger partial charge in [-0.15, -0.1) is 0 Å². The van der Waals surface area contributed by atoms with Gasteiger partial charge in [0.2, 0.25) is 5.52 Å². The van der Waals surface area contributed by atoms with Crippen LogP contribution in [-0.4, -0.2) is 5.11 Å². The first kappa shape index (κ1) is 21.7. The average Bonchev–Trinajstić information content (AvgIpc) is 2.69. The molecule has 0 atom stereocenters. The van der Waals surface area contributed by atoms with E-state index in [9.17, 15) is 5.11 Å². The fourth-order valence-corrected chi connectivity index (χ4v) is 3.96. The number of aromatic nitrogens is 1. The lowest BCUT2D eigenvalue weighted by molar-refractivity contribution is -0.671. The fraction of sp³-hybridized carbons (Fsp3) is 0.640. The smallest absolute Gasteiger partial charge is 0.216 e. The molecule has 0 amide bonds. The van der Waals surface area contributed by atoms with E-state index in [-0.39, 0.29) is 0 Å². The molecular formula is C25H40NO+. The van der Waals surface area contributed by atoms with Crippen molar-refractivity contribution in [3.63, 3.8) is 0 Å². The maximum absolute atomic E-state index is 9.98. The second-order valence-electron chi connectivity index (χ2n) is 8.01. The van der Waals surface area contributed by atoms with E-state index in [0.717, 1.165) is 17.4 Å². The number of aromatic hydroxyl groups is 1. The van der Waals surface area contributed by atoms with Gasteiger partial charge in [-0.05, 0) is 18.6 Å². The highest BCUT2D eigenvalue weighted by molar-refractivity contribution is 5.81. The molecule has 0 spiro atoms. The number of rotatable bonds is 15. The van der Waals surface area contributed by atoms with E-state index in [0.29, 0.717) is 5.75 Å². The third-order valence-electron chi connectivity index (χ3n) is 5.65. The molecular weight excluding hydrogens is 330 g/mol. The summed E-state index contributed by atoms with van der Waals surface area (Å²) in [4.78, 5) is 0. The molecule has 2 nitrogen and oxygen atoms in total. The van der Waals surface area contributed by atoms with Gasteiger partial charge in [0, 0.05) is 18.6 Å². The third kappa shape index (κ3) is 8.32. The van der Waals surface area contributed by atoms with Gasteiger partial charge >= 0.3 is 0 Å². The zero-order valence-corrected chi connectivity index (χ0v) is 17.5. The Morgan fingerprint density at radius 2 is 1.22 bits per heavy atom. The van der Waals surface area contributed by atoms with E-state index >= 15 is 0 Å². The van der Waals surface area contributed by atoms with E-state index in [1.807, 2.05) is 18.2 Å². The van der Waals surface area contributed by atoms with Crippen molar-refractivity contribution in [2.45, 2.75) is 103 Å². The molecule has 0 saturated carbocycles. The van der Waals surface area contributed by atoms with Crippen LogP contribution < -0.4 is 4.57 Å². The fourth-order valence-electron chi connectivity index (χ4n) is 3.96.